The lowest BCUT2D eigenvalue weighted by atomic mass is 10.2. The normalized spacial score (nSPS) is 13.8. The van der Waals surface area contributed by atoms with Crippen LogP contribution in [0.1, 0.15) is 10.4 Å². The molecular weight excluding hydrogens is 424 g/mol. The van der Waals surface area contributed by atoms with Gasteiger partial charge in [0.15, 0.2) is 0 Å². The highest BCUT2D eigenvalue weighted by molar-refractivity contribution is 6.31. The highest BCUT2D eigenvalue weighted by Crippen LogP contribution is 2.15. The van der Waals surface area contributed by atoms with Gasteiger partial charge in [0.1, 0.15) is 6.54 Å². The maximum Gasteiger partial charge on any atom is 0.368 e. The van der Waals surface area contributed by atoms with E-state index in [9.17, 15) is 14.4 Å². The summed E-state index contributed by atoms with van der Waals surface area (Å²) in [5.41, 5.74) is 0.894. The molecule has 2 heterocycles. The number of morpholine rings is 1. The smallest absolute Gasteiger partial charge is 0.368 e. The van der Waals surface area contributed by atoms with Crippen molar-refractivity contribution in [3.05, 3.63) is 69.6 Å². The Morgan fingerprint density at radius 1 is 1.06 bits per heavy atom. The first-order valence-electron chi connectivity index (χ1n) is 9.57. The van der Waals surface area contributed by atoms with Gasteiger partial charge in [0, 0.05) is 29.4 Å². The highest BCUT2D eigenvalue weighted by Gasteiger charge is 2.19. The van der Waals surface area contributed by atoms with E-state index in [1.165, 1.54) is 0 Å². The van der Waals surface area contributed by atoms with Crippen LogP contribution in [0.15, 0.2) is 53.3 Å². The molecule has 2 amide bonds. The lowest BCUT2D eigenvalue weighted by Crippen LogP contribution is -2.43. The molecule has 10 nitrogen and oxygen atoms in total. The number of tetrazole rings is 1. The largest absolute Gasteiger partial charge is 0.378 e. The number of halogens is 1. The predicted octanol–water partition coefficient (Wildman–Crippen LogP) is 1.19. The summed E-state index contributed by atoms with van der Waals surface area (Å²) < 4.78 is 7.34. The molecule has 3 aromatic rings. The Hall–Kier alpha value is -3.50. The summed E-state index contributed by atoms with van der Waals surface area (Å²) in [6.07, 6.45) is 0. The molecule has 0 bridgehead atoms. The van der Waals surface area contributed by atoms with Gasteiger partial charge in [-0.1, -0.05) is 17.7 Å². The molecular formula is C20H19ClN6O4. The third kappa shape index (κ3) is 4.81. The predicted molar refractivity (Wildman–Crippen MR) is 112 cm³/mol. The molecule has 2 aromatic carbocycles. The topological polar surface area (TPSA) is 111 Å². The quantitative estimate of drug-likeness (QED) is 0.635. The Labute approximate surface area is 181 Å². The molecule has 160 valence electrons. The van der Waals surface area contributed by atoms with Crippen LogP contribution >= 0.6 is 11.6 Å². The number of amides is 2. The molecule has 1 N–H and O–H groups in total. The summed E-state index contributed by atoms with van der Waals surface area (Å²) in [6.45, 7) is 1.75. The summed E-state index contributed by atoms with van der Waals surface area (Å²) in [6, 6.07) is 13.1. The fourth-order valence-corrected chi connectivity index (χ4v) is 3.29. The zero-order chi connectivity index (χ0) is 21.8. The molecule has 0 radical (unpaired) electrons. The van der Waals surface area contributed by atoms with Gasteiger partial charge in [0.2, 0.25) is 5.91 Å². The van der Waals surface area contributed by atoms with Gasteiger partial charge in [-0.15, -0.1) is 0 Å². The molecule has 1 saturated heterocycles. The molecule has 0 aliphatic carbocycles. The number of benzene rings is 2. The van der Waals surface area contributed by atoms with Crippen LogP contribution in [0.5, 0.6) is 0 Å². The van der Waals surface area contributed by atoms with Crippen molar-refractivity contribution >= 4 is 29.1 Å². The van der Waals surface area contributed by atoms with Crippen LogP contribution in [0.25, 0.3) is 5.69 Å². The zero-order valence-electron chi connectivity index (χ0n) is 16.4. The number of hydrogen-bond acceptors (Lipinski definition) is 6. The second-order valence-corrected chi connectivity index (χ2v) is 7.27. The number of ether oxygens (including phenoxy) is 1. The lowest BCUT2D eigenvalue weighted by Gasteiger charge is -2.26. The maximum atomic E-state index is 12.6. The minimum atomic E-state index is -0.530. The minimum absolute atomic E-state index is 0.188. The Morgan fingerprint density at radius 3 is 2.52 bits per heavy atom. The molecule has 4 rings (SSSR count). The van der Waals surface area contributed by atoms with E-state index in [1.807, 2.05) is 0 Å². The van der Waals surface area contributed by atoms with Crippen molar-refractivity contribution in [3.8, 4) is 5.69 Å². The van der Waals surface area contributed by atoms with Gasteiger partial charge in [-0.25, -0.2) is 4.79 Å². The van der Waals surface area contributed by atoms with E-state index < -0.39 is 5.69 Å². The average molecular weight is 443 g/mol. The molecule has 0 spiro atoms. The van der Waals surface area contributed by atoms with Crippen LogP contribution < -0.4 is 11.0 Å². The van der Waals surface area contributed by atoms with Gasteiger partial charge < -0.3 is 15.0 Å². The fraction of sp³-hybridized carbons (Fsp3) is 0.250. The molecule has 1 fully saturated rings. The van der Waals surface area contributed by atoms with Crippen molar-refractivity contribution in [2.24, 2.45) is 0 Å². The van der Waals surface area contributed by atoms with Crippen LogP contribution in [0.3, 0.4) is 0 Å². The van der Waals surface area contributed by atoms with Gasteiger partial charge in [-0.2, -0.15) is 9.36 Å². The van der Waals surface area contributed by atoms with Crippen LogP contribution in [0.4, 0.5) is 5.69 Å². The first-order chi connectivity index (χ1) is 15.0. The molecule has 0 saturated carbocycles. The number of rotatable bonds is 5. The number of hydrogen-bond donors (Lipinski definition) is 1. The summed E-state index contributed by atoms with van der Waals surface area (Å²) in [7, 11) is 0. The number of nitrogens with zero attached hydrogens (tertiary/aromatic N) is 5. The Morgan fingerprint density at radius 2 is 1.81 bits per heavy atom. The van der Waals surface area contributed by atoms with Gasteiger partial charge in [0.25, 0.3) is 5.91 Å². The van der Waals surface area contributed by atoms with E-state index >= 15 is 0 Å². The first-order valence-corrected chi connectivity index (χ1v) is 9.95. The third-order valence-electron chi connectivity index (χ3n) is 4.74. The van der Waals surface area contributed by atoms with Crippen LogP contribution in [-0.4, -0.2) is 62.8 Å². The van der Waals surface area contributed by atoms with E-state index in [4.69, 9.17) is 16.3 Å². The monoisotopic (exact) mass is 442 g/mol. The third-order valence-corrected chi connectivity index (χ3v) is 4.98. The lowest BCUT2D eigenvalue weighted by molar-refractivity contribution is -0.136. The van der Waals surface area contributed by atoms with Crippen molar-refractivity contribution in [2.45, 2.75) is 6.54 Å². The molecule has 1 aromatic heterocycles. The van der Waals surface area contributed by atoms with E-state index in [1.54, 1.807) is 53.4 Å². The van der Waals surface area contributed by atoms with Crippen molar-refractivity contribution in [3.63, 3.8) is 0 Å². The van der Waals surface area contributed by atoms with Crippen LogP contribution in [0.2, 0.25) is 5.02 Å². The van der Waals surface area contributed by atoms with E-state index in [2.05, 4.69) is 15.7 Å². The summed E-state index contributed by atoms with van der Waals surface area (Å²) in [4.78, 5) is 38.9. The SMILES string of the molecule is O=C(Nc1ccc(-n2nnn(CC(=O)N3CCOCC3)c2=O)cc1)c1cccc(Cl)c1. The van der Waals surface area contributed by atoms with Crippen LogP contribution in [-0.2, 0) is 16.1 Å². The van der Waals surface area contributed by atoms with Gasteiger partial charge in [-0.3, -0.25) is 9.59 Å². The summed E-state index contributed by atoms with van der Waals surface area (Å²) in [5, 5.41) is 10.9. The number of carbonyl (C=O) groups excluding carboxylic acids is 2. The second-order valence-electron chi connectivity index (χ2n) is 6.84. The molecule has 1 aliphatic rings. The van der Waals surface area contributed by atoms with Gasteiger partial charge in [0.05, 0.1) is 18.9 Å². The summed E-state index contributed by atoms with van der Waals surface area (Å²) >= 11 is 5.92. The number of aromatic nitrogens is 4. The van der Waals surface area contributed by atoms with E-state index in [0.29, 0.717) is 48.3 Å². The standard InChI is InChI=1S/C20H19ClN6O4/c21-15-3-1-2-14(12-15)19(29)22-16-4-6-17(7-5-16)27-20(30)26(23-24-27)13-18(28)25-8-10-31-11-9-25/h1-7,12H,8-11,13H2,(H,22,29). The minimum Gasteiger partial charge on any atom is -0.378 e. The molecule has 11 heteroatoms. The Kier molecular flexibility index (Phi) is 6.10. The van der Waals surface area contributed by atoms with Gasteiger partial charge >= 0.3 is 5.69 Å². The maximum absolute atomic E-state index is 12.6. The molecule has 31 heavy (non-hydrogen) atoms. The number of anilines is 1. The average Bonchev–Trinajstić information content (AvgIpc) is 3.15. The highest BCUT2D eigenvalue weighted by atomic mass is 35.5. The molecule has 1 aliphatic heterocycles. The molecule has 0 unspecified atom stereocenters. The van der Waals surface area contributed by atoms with Crippen molar-refractivity contribution in [1.29, 1.82) is 0 Å². The van der Waals surface area contributed by atoms with Crippen molar-refractivity contribution in [2.75, 3.05) is 31.6 Å². The molecule has 0 atom stereocenters. The zero-order valence-corrected chi connectivity index (χ0v) is 17.2. The van der Waals surface area contributed by atoms with E-state index in [0.717, 1.165) is 9.36 Å². The Balaban J connectivity index is 1.44. The fourth-order valence-electron chi connectivity index (χ4n) is 3.10. The van der Waals surface area contributed by atoms with Crippen molar-refractivity contribution < 1.29 is 14.3 Å². The first kappa shape index (κ1) is 20.8. The van der Waals surface area contributed by atoms with Crippen LogP contribution in [0, 0.1) is 0 Å². The Bertz CT molecular complexity index is 1150. The number of nitrogens with one attached hydrogen (secondary N) is 1. The van der Waals surface area contributed by atoms with Gasteiger partial charge in [-0.05, 0) is 52.9 Å². The second kappa shape index (κ2) is 9.11. The summed E-state index contributed by atoms with van der Waals surface area (Å²) in [5.74, 6) is -0.517. The van der Waals surface area contributed by atoms with E-state index in [-0.39, 0.29) is 18.4 Å². The van der Waals surface area contributed by atoms with Crippen molar-refractivity contribution in [1.82, 2.24) is 24.7 Å². The number of carbonyl (C=O) groups is 2.